The SMILES string of the molecule is O=C(NOCC1CC1(F)F)c1cc(NC(=O)C2C(c3cc(Cl)c(Cl)c(Cl)c3)C2(Cl)Cl)ccc1Cl. The van der Waals surface area contributed by atoms with Gasteiger partial charge in [0.05, 0.1) is 44.1 Å². The summed E-state index contributed by atoms with van der Waals surface area (Å²) < 4.78 is 24.4. The summed E-state index contributed by atoms with van der Waals surface area (Å²) in [6, 6.07) is 7.24. The number of carbonyl (C=O) groups excluding carboxylic acids is 2. The van der Waals surface area contributed by atoms with Gasteiger partial charge in [-0.25, -0.2) is 14.3 Å². The van der Waals surface area contributed by atoms with Gasteiger partial charge >= 0.3 is 0 Å². The zero-order chi connectivity index (χ0) is 25.0. The van der Waals surface area contributed by atoms with Crippen LogP contribution in [0.15, 0.2) is 30.3 Å². The standard InChI is InChI=1S/C21H14Cl6F2N2O3/c22-12-2-1-10(5-11(12)18(32)31-34-7-9-6-20(9,28)29)30-19(33)16-15(21(16,26)27)8-3-13(23)17(25)14(24)4-8/h1-5,9,15-16H,6-7H2,(H,30,33)(H,31,32). The Kier molecular flexibility index (Phi) is 7.22. The predicted octanol–water partition coefficient (Wildman–Crippen LogP) is 7.14. The maximum absolute atomic E-state index is 12.9. The minimum absolute atomic E-state index is 0.0337. The molecule has 0 aliphatic heterocycles. The largest absolute Gasteiger partial charge is 0.326 e. The molecule has 0 saturated heterocycles. The van der Waals surface area contributed by atoms with Crippen LogP contribution in [-0.4, -0.2) is 28.7 Å². The third-order valence-corrected chi connectivity index (χ3v) is 8.05. The second kappa shape index (κ2) is 9.43. The van der Waals surface area contributed by atoms with Gasteiger partial charge in [-0.1, -0.05) is 46.4 Å². The lowest BCUT2D eigenvalue weighted by Crippen LogP contribution is -2.26. The fourth-order valence-corrected chi connectivity index (χ4v) is 5.18. The van der Waals surface area contributed by atoms with E-state index in [1.807, 2.05) is 0 Å². The maximum atomic E-state index is 12.9. The van der Waals surface area contributed by atoms with Crippen LogP contribution in [0.5, 0.6) is 0 Å². The van der Waals surface area contributed by atoms with Gasteiger partial charge in [0.15, 0.2) is 0 Å². The predicted molar refractivity (Wildman–Crippen MR) is 129 cm³/mol. The molecule has 2 aromatic rings. The number of rotatable bonds is 7. The molecule has 2 aliphatic carbocycles. The van der Waals surface area contributed by atoms with Crippen LogP contribution in [0.4, 0.5) is 14.5 Å². The Labute approximate surface area is 222 Å². The normalized spacial score (nSPS) is 23.8. The number of hydroxylamine groups is 1. The van der Waals surface area contributed by atoms with E-state index in [1.54, 1.807) is 0 Å². The van der Waals surface area contributed by atoms with Crippen LogP contribution < -0.4 is 10.8 Å². The van der Waals surface area contributed by atoms with Gasteiger partial charge < -0.3 is 5.32 Å². The number of amides is 2. The summed E-state index contributed by atoms with van der Waals surface area (Å²) in [6.07, 6.45) is -0.287. The summed E-state index contributed by atoms with van der Waals surface area (Å²) in [6.45, 7) is -0.331. The fourth-order valence-electron chi connectivity index (χ4n) is 3.53. The van der Waals surface area contributed by atoms with E-state index in [4.69, 9.17) is 74.4 Å². The molecule has 2 N–H and O–H groups in total. The van der Waals surface area contributed by atoms with Gasteiger partial charge in [0.25, 0.3) is 11.8 Å². The third-order valence-electron chi connectivity index (χ3n) is 5.58. The molecular weight excluding hydrogens is 579 g/mol. The molecule has 0 radical (unpaired) electrons. The minimum atomic E-state index is -2.77. The maximum Gasteiger partial charge on any atom is 0.276 e. The van der Waals surface area contributed by atoms with E-state index in [0.717, 1.165) is 0 Å². The van der Waals surface area contributed by atoms with Gasteiger partial charge in [-0.3, -0.25) is 14.4 Å². The molecule has 2 fully saturated rings. The van der Waals surface area contributed by atoms with Crippen LogP contribution >= 0.6 is 69.6 Å². The van der Waals surface area contributed by atoms with Crippen molar-refractivity contribution >= 4 is 87.1 Å². The highest BCUT2D eigenvalue weighted by molar-refractivity contribution is 6.54. The number of halogens is 8. The van der Waals surface area contributed by atoms with E-state index in [2.05, 4.69) is 10.8 Å². The van der Waals surface area contributed by atoms with Crippen molar-refractivity contribution < 1.29 is 23.2 Å². The van der Waals surface area contributed by atoms with Crippen LogP contribution in [0.3, 0.4) is 0 Å². The molecule has 5 nitrogen and oxygen atoms in total. The number of anilines is 1. The number of benzene rings is 2. The molecule has 34 heavy (non-hydrogen) atoms. The van der Waals surface area contributed by atoms with Gasteiger partial charge in [-0.15, -0.1) is 23.2 Å². The summed E-state index contributed by atoms with van der Waals surface area (Å²) in [7, 11) is 0. The molecule has 0 aromatic heterocycles. The average molecular weight is 593 g/mol. The summed E-state index contributed by atoms with van der Waals surface area (Å²) in [5.74, 6) is -6.43. The highest BCUT2D eigenvalue weighted by atomic mass is 35.5. The molecule has 4 rings (SSSR count). The van der Waals surface area contributed by atoms with Crippen molar-refractivity contribution in [3.8, 4) is 0 Å². The first-order valence-corrected chi connectivity index (χ1v) is 12.0. The first kappa shape index (κ1) is 26.0. The monoisotopic (exact) mass is 590 g/mol. The first-order valence-electron chi connectivity index (χ1n) is 9.75. The van der Waals surface area contributed by atoms with Crippen molar-refractivity contribution in [3.63, 3.8) is 0 Å². The van der Waals surface area contributed by atoms with Crippen molar-refractivity contribution in [2.24, 2.45) is 11.8 Å². The number of alkyl halides is 4. The summed E-state index contributed by atoms with van der Waals surface area (Å²) in [5.41, 5.74) is 2.81. The third kappa shape index (κ3) is 5.21. The molecule has 3 unspecified atom stereocenters. The number of nitrogens with one attached hydrogen (secondary N) is 2. The lowest BCUT2D eigenvalue weighted by molar-refractivity contribution is -0.117. The van der Waals surface area contributed by atoms with Gasteiger partial charge in [0.2, 0.25) is 5.91 Å². The Morgan fingerprint density at radius 2 is 1.65 bits per heavy atom. The first-order chi connectivity index (χ1) is 15.8. The fraction of sp³-hybridized carbons (Fsp3) is 0.333. The molecule has 0 heterocycles. The van der Waals surface area contributed by atoms with E-state index in [9.17, 15) is 18.4 Å². The number of hydrogen-bond acceptors (Lipinski definition) is 3. The van der Waals surface area contributed by atoms with Gasteiger partial charge in [-0.2, -0.15) is 0 Å². The lowest BCUT2D eigenvalue weighted by Gasteiger charge is -2.10. The highest BCUT2D eigenvalue weighted by Crippen LogP contribution is 2.65. The molecule has 2 amide bonds. The Morgan fingerprint density at radius 1 is 1.03 bits per heavy atom. The van der Waals surface area contributed by atoms with Crippen LogP contribution in [-0.2, 0) is 9.63 Å². The minimum Gasteiger partial charge on any atom is -0.326 e. The molecular formula is C21H14Cl6F2N2O3. The molecule has 13 heteroatoms. The Balaban J connectivity index is 1.42. The molecule has 2 aliphatic rings. The zero-order valence-corrected chi connectivity index (χ0v) is 21.3. The van der Waals surface area contributed by atoms with Gasteiger partial charge in [-0.05, 0) is 35.9 Å². The summed E-state index contributed by atoms with van der Waals surface area (Å²) >= 11 is 36.9. The van der Waals surface area contributed by atoms with Crippen LogP contribution in [0, 0.1) is 11.8 Å². The summed E-state index contributed by atoms with van der Waals surface area (Å²) in [5, 5.41) is 3.26. The molecule has 182 valence electrons. The van der Waals surface area contributed by atoms with Crippen LogP contribution in [0.2, 0.25) is 20.1 Å². The molecule has 2 saturated carbocycles. The number of carbonyl (C=O) groups is 2. The van der Waals surface area contributed by atoms with Gasteiger partial charge in [0.1, 0.15) is 4.33 Å². The van der Waals surface area contributed by atoms with Crippen LogP contribution in [0.25, 0.3) is 0 Å². The Bertz CT molecular complexity index is 1160. The highest BCUT2D eigenvalue weighted by Gasteiger charge is 2.67. The van der Waals surface area contributed by atoms with Crippen molar-refractivity contribution in [2.75, 3.05) is 11.9 Å². The van der Waals surface area contributed by atoms with Crippen molar-refractivity contribution in [1.29, 1.82) is 0 Å². The topological polar surface area (TPSA) is 67.4 Å². The van der Waals surface area contributed by atoms with E-state index in [0.29, 0.717) is 5.56 Å². The Morgan fingerprint density at radius 3 is 2.24 bits per heavy atom. The second-order valence-corrected chi connectivity index (χ2v) is 11.1. The van der Waals surface area contributed by atoms with E-state index >= 15 is 0 Å². The molecule has 0 spiro atoms. The Hall–Kier alpha value is -1.06. The average Bonchev–Trinajstić information content (AvgIpc) is 3.56. The van der Waals surface area contributed by atoms with E-state index in [1.165, 1.54) is 30.3 Å². The van der Waals surface area contributed by atoms with E-state index < -0.39 is 39.8 Å². The van der Waals surface area contributed by atoms with Crippen molar-refractivity contribution in [1.82, 2.24) is 5.48 Å². The zero-order valence-electron chi connectivity index (χ0n) is 16.8. The van der Waals surface area contributed by atoms with Gasteiger partial charge in [0, 0.05) is 18.0 Å². The van der Waals surface area contributed by atoms with Crippen molar-refractivity contribution in [3.05, 3.63) is 61.5 Å². The molecule has 2 aromatic carbocycles. The van der Waals surface area contributed by atoms with E-state index in [-0.39, 0.29) is 44.4 Å². The summed E-state index contributed by atoms with van der Waals surface area (Å²) in [4.78, 5) is 30.1. The molecule has 0 bridgehead atoms. The van der Waals surface area contributed by atoms with Crippen LogP contribution in [0.1, 0.15) is 28.3 Å². The smallest absolute Gasteiger partial charge is 0.276 e. The quantitative estimate of drug-likeness (QED) is 0.204. The molecule has 3 atom stereocenters. The lowest BCUT2D eigenvalue weighted by atomic mass is 10.1. The van der Waals surface area contributed by atoms with Crippen molar-refractivity contribution in [2.45, 2.75) is 22.6 Å². The number of hydrogen-bond donors (Lipinski definition) is 2. The second-order valence-electron chi connectivity index (χ2n) is 8.02.